The molecule has 0 aliphatic heterocycles. The summed E-state index contributed by atoms with van der Waals surface area (Å²) in [4.78, 5) is 0. The number of hydrogen-bond acceptors (Lipinski definition) is 0. The van der Waals surface area contributed by atoms with Crippen LogP contribution in [-0.2, 0) is 0 Å². The zero-order valence-corrected chi connectivity index (χ0v) is 29.0. The van der Waals surface area contributed by atoms with Crippen molar-refractivity contribution < 1.29 is 0 Å². The van der Waals surface area contributed by atoms with Crippen molar-refractivity contribution in [2.24, 2.45) is 0 Å². The van der Waals surface area contributed by atoms with Gasteiger partial charge in [-0.25, -0.2) is 0 Å². The topological polar surface area (TPSA) is 9.86 Å². The molecule has 0 aliphatic carbocycles. The van der Waals surface area contributed by atoms with Gasteiger partial charge in [0.1, 0.15) is 0 Å². The lowest BCUT2D eigenvalue weighted by Crippen LogP contribution is -2.75. The third-order valence-corrected chi connectivity index (χ3v) is 15.5. The lowest BCUT2D eigenvalue weighted by atomic mass is 10.1. The molecule has 0 aliphatic rings. The molecule has 2 heterocycles. The Hall–Kier alpha value is -6.42. The molecule has 51 heavy (non-hydrogen) atoms. The Kier molecular flexibility index (Phi) is 6.86. The maximum atomic E-state index is 2.50. The van der Waals surface area contributed by atoms with Gasteiger partial charge in [-0.15, -0.1) is 0 Å². The van der Waals surface area contributed by atoms with Gasteiger partial charge in [0.2, 0.25) is 0 Å². The minimum atomic E-state index is -2.94. The highest BCUT2D eigenvalue weighted by Gasteiger charge is 2.43. The third kappa shape index (κ3) is 4.42. The fraction of sp³-hybridized carbons (Fsp3) is 0. The SMILES string of the molecule is c1ccc(-n2c3ccccc3c3cccc([Si](c4ccccc4)(c4ccccc4)c4ccc(-n5c6ccccc6c6ccccc65)cc4)c32)cc1. The van der Waals surface area contributed by atoms with E-state index in [1.165, 1.54) is 70.0 Å². The molecule has 0 N–H and O–H groups in total. The van der Waals surface area contributed by atoms with Crippen molar-refractivity contribution >= 4 is 72.4 Å². The molecule has 10 aromatic rings. The van der Waals surface area contributed by atoms with Crippen LogP contribution in [0, 0.1) is 0 Å². The molecule has 0 amide bonds. The van der Waals surface area contributed by atoms with Crippen LogP contribution >= 0.6 is 0 Å². The Morgan fingerprint density at radius 2 is 0.667 bits per heavy atom. The number of nitrogens with zero attached hydrogens (tertiary/aromatic N) is 2. The van der Waals surface area contributed by atoms with Crippen LogP contribution in [0.4, 0.5) is 0 Å². The van der Waals surface area contributed by atoms with Crippen molar-refractivity contribution in [3.05, 3.63) is 206 Å². The predicted molar refractivity (Wildman–Crippen MR) is 219 cm³/mol. The van der Waals surface area contributed by atoms with E-state index < -0.39 is 8.07 Å². The average molecular weight is 667 g/mol. The van der Waals surface area contributed by atoms with E-state index in [1.807, 2.05) is 0 Å². The summed E-state index contributed by atoms with van der Waals surface area (Å²) in [5.41, 5.74) is 7.27. The Balaban J connectivity index is 1.32. The van der Waals surface area contributed by atoms with E-state index in [-0.39, 0.29) is 0 Å². The number of benzene rings is 8. The minimum absolute atomic E-state index is 1.16. The summed E-state index contributed by atoms with van der Waals surface area (Å²) in [5.74, 6) is 0. The van der Waals surface area contributed by atoms with Crippen molar-refractivity contribution in [1.82, 2.24) is 9.13 Å². The summed E-state index contributed by atoms with van der Waals surface area (Å²) >= 11 is 0. The van der Waals surface area contributed by atoms with Crippen molar-refractivity contribution in [2.75, 3.05) is 0 Å². The van der Waals surface area contributed by atoms with Crippen LogP contribution in [0.3, 0.4) is 0 Å². The van der Waals surface area contributed by atoms with Gasteiger partial charge in [0.05, 0.1) is 22.1 Å². The lowest BCUT2D eigenvalue weighted by Gasteiger charge is -2.35. The normalized spacial score (nSPS) is 11.9. The Bertz CT molecular complexity index is 2740. The smallest absolute Gasteiger partial charge is 0.181 e. The molecule has 10 rings (SSSR count). The quantitative estimate of drug-likeness (QED) is 0.124. The van der Waals surface area contributed by atoms with Crippen LogP contribution in [0.25, 0.3) is 55.0 Å². The molecule has 0 saturated heterocycles. The van der Waals surface area contributed by atoms with E-state index in [0.717, 1.165) is 5.69 Å². The molecule has 2 nitrogen and oxygen atoms in total. The average Bonchev–Trinajstić information content (AvgIpc) is 3.73. The van der Waals surface area contributed by atoms with Gasteiger partial charge < -0.3 is 9.13 Å². The predicted octanol–water partition coefficient (Wildman–Crippen LogP) is 9.26. The zero-order chi connectivity index (χ0) is 33.8. The number of fused-ring (bicyclic) bond motifs is 6. The van der Waals surface area contributed by atoms with Gasteiger partial charge in [-0.2, -0.15) is 0 Å². The summed E-state index contributed by atoms with van der Waals surface area (Å²) < 4.78 is 4.91. The molecule has 0 radical (unpaired) electrons. The van der Waals surface area contributed by atoms with E-state index in [9.17, 15) is 0 Å². The van der Waals surface area contributed by atoms with Crippen molar-refractivity contribution in [3.63, 3.8) is 0 Å². The largest absolute Gasteiger partial charge is 0.309 e. The second kappa shape index (κ2) is 11.9. The summed E-state index contributed by atoms with van der Waals surface area (Å²) in [6.45, 7) is 0. The molecule has 240 valence electrons. The fourth-order valence-corrected chi connectivity index (χ4v) is 13.5. The highest BCUT2D eigenvalue weighted by Crippen LogP contribution is 2.34. The molecule has 0 bridgehead atoms. The lowest BCUT2D eigenvalue weighted by molar-refractivity contribution is 1.18. The van der Waals surface area contributed by atoms with Crippen LogP contribution in [0.1, 0.15) is 0 Å². The van der Waals surface area contributed by atoms with Gasteiger partial charge in [0.25, 0.3) is 0 Å². The number of rotatable bonds is 6. The third-order valence-electron chi connectivity index (χ3n) is 10.7. The van der Waals surface area contributed by atoms with Crippen LogP contribution in [-0.4, -0.2) is 17.2 Å². The zero-order valence-electron chi connectivity index (χ0n) is 28.0. The van der Waals surface area contributed by atoms with E-state index in [1.54, 1.807) is 0 Å². The second-order valence-corrected chi connectivity index (χ2v) is 17.1. The number of aromatic nitrogens is 2. The van der Waals surface area contributed by atoms with Gasteiger partial charge in [-0.05, 0) is 63.2 Å². The van der Waals surface area contributed by atoms with Crippen molar-refractivity contribution in [3.8, 4) is 11.4 Å². The molecule has 0 fully saturated rings. The maximum absolute atomic E-state index is 2.94. The molecule has 0 unspecified atom stereocenters. The first-order valence-corrected chi connectivity index (χ1v) is 19.6. The summed E-state index contributed by atoms with van der Waals surface area (Å²) in [6, 6.07) is 76.3. The number of hydrogen-bond donors (Lipinski definition) is 0. The molecule has 3 heteroatoms. The van der Waals surface area contributed by atoms with Crippen LogP contribution < -0.4 is 20.7 Å². The first-order valence-electron chi connectivity index (χ1n) is 17.6. The summed E-state index contributed by atoms with van der Waals surface area (Å²) in [6.07, 6.45) is 0. The van der Waals surface area contributed by atoms with Crippen molar-refractivity contribution in [1.29, 1.82) is 0 Å². The van der Waals surface area contributed by atoms with Gasteiger partial charge in [-0.3, -0.25) is 0 Å². The van der Waals surface area contributed by atoms with Crippen molar-refractivity contribution in [2.45, 2.75) is 0 Å². The summed E-state index contributed by atoms with van der Waals surface area (Å²) in [7, 11) is -2.94. The highest BCUT2D eigenvalue weighted by atomic mass is 28.3. The van der Waals surface area contributed by atoms with E-state index in [2.05, 4.69) is 215 Å². The van der Waals surface area contributed by atoms with E-state index in [0.29, 0.717) is 0 Å². The van der Waals surface area contributed by atoms with Crippen LogP contribution in [0.2, 0.25) is 0 Å². The first-order chi connectivity index (χ1) is 25.3. The van der Waals surface area contributed by atoms with Crippen LogP contribution in [0.15, 0.2) is 206 Å². The van der Waals surface area contributed by atoms with Gasteiger partial charge in [-0.1, -0.05) is 164 Å². The molecular formula is C48H34N2Si. The van der Waals surface area contributed by atoms with E-state index >= 15 is 0 Å². The molecule has 0 atom stereocenters. The van der Waals surface area contributed by atoms with Gasteiger partial charge >= 0.3 is 0 Å². The standard InChI is InChI=1S/C48H34N2Si/c1-4-17-35(18-5-1)50-46-29-15-12-25-42(46)43-26-16-30-47(48(43)50)51(37-19-6-2-7-20-37,38-21-8-3-9-22-38)39-33-31-36(32-34-39)49-44-27-13-10-23-40(44)41-24-11-14-28-45(41)49/h1-34H. The molecule has 0 saturated carbocycles. The molecule has 8 aromatic carbocycles. The van der Waals surface area contributed by atoms with E-state index in [4.69, 9.17) is 0 Å². The van der Waals surface area contributed by atoms with Gasteiger partial charge in [0.15, 0.2) is 8.07 Å². The molecule has 2 aromatic heterocycles. The fourth-order valence-electron chi connectivity index (χ4n) is 8.57. The summed E-state index contributed by atoms with van der Waals surface area (Å²) in [5, 5.41) is 10.5. The maximum Gasteiger partial charge on any atom is 0.181 e. The monoisotopic (exact) mass is 666 g/mol. The first kappa shape index (κ1) is 29.5. The second-order valence-electron chi connectivity index (χ2n) is 13.3. The Morgan fingerprint density at radius 3 is 1.22 bits per heavy atom. The number of para-hydroxylation sites is 5. The molecule has 0 spiro atoms. The Labute approximate surface area is 298 Å². The van der Waals surface area contributed by atoms with Crippen LogP contribution in [0.5, 0.6) is 0 Å². The Morgan fingerprint density at radius 1 is 0.275 bits per heavy atom. The highest BCUT2D eigenvalue weighted by molar-refractivity contribution is 7.20. The molecular weight excluding hydrogens is 633 g/mol. The minimum Gasteiger partial charge on any atom is -0.309 e. The van der Waals surface area contributed by atoms with Gasteiger partial charge in [0, 0.05) is 32.9 Å².